The number of hydrogen-bond acceptors (Lipinski definition) is 4. The highest BCUT2D eigenvalue weighted by atomic mass is 16.3. The van der Waals surface area contributed by atoms with E-state index in [1.54, 1.807) is 0 Å². The van der Waals surface area contributed by atoms with Crippen molar-refractivity contribution < 1.29 is 14.7 Å². The number of rotatable bonds is 4. The quantitative estimate of drug-likeness (QED) is 0.433. The fourth-order valence-electron chi connectivity index (χ4n) is 1.53. The fourth-order valence-corrected chi connectivity index (χ4v) is 1.53. The summed E-state index contributed by atoms with van der Waals surface area (Å²) in [7, 11) is 0. The number of nitrogens with one attached hydrogen (secondary N) is 2. The SMILES string of the molecule is NC(=O)C(O)CNC(=O)C1CCNCC1. The van der Waals surface area contributed by atoms with Gasteiger partial charge in [-0.1, -0.05) is 0 Å². The molecule has 1 saturated heterocycles. The smallest absolute Gasteiger partial charge is 0.248 e. The molecule has 1 heterocycles. The molecule has 0 aliphatic carbocycles. The third kappa shape index (κ3) is 3.85. The van der Waals surface area contributed by atoms with Crippen LogP contribution in [0.2, 0.25) is 0 Å². The first-order chi connectivity index (χ1) is 7.11. The van der Waals surface area contributed by atoms with Crippen molar-refractivity contribution in [3.63, 3.8) is 0 Å². The van der Waals surface area contributed by atoms with Crippen molar-refractivity contribution in [2.24, 2.45) is 11.7 Å². The number of carbonyl (C=O) groups excluding carboxylic acids is 2. The lowest BCUT2D eigenvalue weighted by Crippen LogP contribution is -2.44. The van der Waals surface area contributed by atoms with Gasteiger partial charge in [-0.15, -0.1) is 0 Å². The van der Waals surface area contributed by atoms with Crippen LogP contribution in [0.5, 0.6) is 0 Å². The summed E-state index contributed by atoms with van der Waals surface area (Å²) < 4.78 is 0. The predicted molar refractivity (Wildman–Crippen MR) is 53.8 cm³/mol. The molecule has 0 radical (unpaired) electrons. The van der Waals surface area contributed by atoms with E-state index in [2.05, 4.69) is 10.6 Å². The molecule has 1 rings (SSSR count). The molecule has 1 atom stereocenters. The van der Waals surface area contributed by atoms with Gasteiger partial charge < -0.3 is 21.5 Å². The molecular weight excluding hydrogens is 198 g/mol. The van der Waals surface area contributed by atoms with Crippen LogP contribution in [-0.4, -0.2) is 42.7 Å². The van der Waals surface area contributed by atoms with Crippen molar-refractivity contribution in [1.29, 1.82) is 0 Å². The van der Waals surface area contributed by atoms with Crippen LogP contribution in [0.1, 0.15) is 12.8 Å². The summed E-state index contributed by atoms with van der Waals surface area (Å²) in [6.07, 6.45) is 0.285. The summed E-state index contributed by atoms with van der Waals surface area (Å²) in [4.78, 5) is 22.0. The first-order valence-corrected chi connectivity index (χ1v) is 5.07. The monoisotopic (exact) mass is 215 g/mol. The Morgan fingerprint density at radius 1 is 1.47 bits per heavy atom. The molecule has 0 aromatic heterocycles. The zero-order chi connectivity index (χ0) is 11.3. The highest BCUT2D eigenvalue weighted by Crippen LogP contribution is 2.10. The summed E-state index contributed by atoms with van der Waals surface area (Å²) in [6.45, 7) is 1.56. The molecule has 1 fully saturated rings. The Kier molecular flexibility index (Phi) is 4.51. The maximum absolute atomic E-state index is 11.5. The van der Waals surface area contributed by atoms with Gasteiger partial charge in [-0.05, 0) is 25.9 Å². The van der Waals surface area contributed by atoms with E-state index in [0.29, 0.717) is 0 Å². The third-order valence-electron chi connectivity index (χ3n) is 2.51. The van der Waals surface area contributed by atoms with Crippen molar-refractivity contribution in [2.75, 3.05) is 19.6 Å². The lowest BCUT2D eigenvalue weighted by atomic mass is 9.97. The first-order valence-electron chi connectivity index (χ1n) is 5.07. The van der Waals surface area contributed by atoms with Crippen LogP contribution in [0.3, 0.4) is 0 Å². The minimum Gasteiger partial charge on any atom is -0.381 e. The maximum Gasteiger partial charge on any atom is 0.248 e. The van der Waals surface area contributed by atoms with E-state index in [1.165, 1.54) is 0 Å². The van der Waals surface area contributed by atoms with Crippen LogP contribution in [-0.2, 0) is 9.59 Å². The number of amides is 2. The molecule has 6 heteroatoms. The van der Waals surface area contributed by atoms with E-state index in [0.717, 1.165) is 25.9 Å². The molecular formula is C9H17N3O3. The van der Waals surface area contributed by atoms with Gasteiger partial charge in [-0.2, -0.15) is 0 Å². The molecule has 1 aliphatic heterocycles. The van der Waals surface area contributed by atoms with Gasteiger partial charge in [-0.3, -0.25) is 9.59 Å². The highest BCUT2D eigenvalue weighted by molar-refractivity contribution is 5.82. The first kappa shape index (κ1) is 11.9. The Bertz CT molecular complexity index is 239. The molecule has 6 nitrogen and oxygen atoms in total. The summed E-state index contributed by atoms with van der Waals surface area (Å²) in [6, 6.07) is 0. The molecule has 0 spiro atoms. The summed E-state index contributed by atoms with van der Waals surface area (Å²) in [5, 5.41) is 14.7. The number of hydrogen-bond donors (Lipinski definition) is 4. The number of aliphatic hydroxyl groups excluding tert-OH is 1. The molecule has 0 aromatic rings. The molecule has 86 valence electrons. The second-order valence-electron chi connectivity index (χ2n) is 3.69. The van der Waals surface area contributed by atoms with Gasteiger partial charge in [0.2, 0.25) is 11.8 Å². The molecule has 1 aliphatic rings. The largest absolute Gasteiger partial charge is 0.381 e. The van der Waals surface area contributed by atoms with Crippen LogP contribution in [0, 0.1) is 5.92 Å². The topological polar surface area (TPSA) is 104 Å². The van der Waals surface area contributed by atoms with Gasteiger partial charge in [0.05, 0.1) is 6.54 Å². The van der Waals surface area contributed by atoms with Gasteiger partial charge in [0.25, 0.3) is 0 Å². The lowest BCUT2D eigenvalue weighted by Gasteiger charge is -2.22. The number of nitrogens with two attached hydrogens (primary N) is 1. The zero-order valence-electron chi connectivity index (χ0n) is 8.53. The van der Waals surface area contributed by atoms with Crippen molar-refractivity contribution >= 4 is 11.8 Å². The molecule has 5 N–H and O–H groups in total. The molecule has 0 saturated carbocycles. The van der Waals surface area contributed by atoms with E-state index in [-0.39, 0.29) is 18.4 Å². The number of piperidine rings is 1. The molecule has 0 aromatic carbocycles. The summed E-state index contributed by atoms with van der Waals surface area (Å²) >= 11 is 0. The number of primary amides is 1. The van der Waals surface area contributed by atoms with Crippen molar-refractivity contribution in [3.05, 3.63) is 0 Å². The van der Waals surface area contributed by atoms with E-state index in [4.69, 9.17) is 10.8 Å². The van der Waals surface area contributed by atoms with E-state index in [9.17, 15) is 9.59 Å². The van der Waals surface area contributed by atoms with Crippen molar-refractivity contribution in [3.8, 4) is 0 Å². The highest BCUT2D eigenvalue weighted by Gasteiger charge is 2.21. The Morgan fingerprint density at radius 3 is 2.60 bits per heavy atom. The van der Waals surface area contributed by atoms with Crippen LogP contribution >= 0.6 is 0 Å². The van der Waals surface area contributed by atoms with Crippen LogP contribution in [0.25, 0.3) is 0 Å². The molecule has 1 unspecified atom stereocenters. The summed E-state index contributed by atoms with van der Waals surface area (Å²) in [5.41, 5.74) is 4.85. The van der Waals surface area contributed by atoms with Crippen LogP contribution in [0.15, 0.2) is 0 Å². The Balaban J connectivity index is 2.25. The van der Waals surface area contributed by atoms with Gasteiger partial charge in [0.1, 0.15) is 6.10 Å². The maximum atomic E-state index is 11.5. The molecule has 15 heavy (non-hydrogen) atoms. The normalized spacial score (nSPS) is 19.5. The van der Waals surface area contributed by atoms with Gasteiger partial charge in [0, 0.05) is 5.92 Å². The van der Waals surface area contributed by atoms with Crippen molar-refractivity contribution in [2.45, 2.75) is 18.9 Å². The van der Waals surface area contributed by atoms with Crippen LogP contribution in [0.4, 0.5) is 0 Å². The van der Waals surface area contributed by atoms with Crippen molar-refractivity contribution in [1.82, 2.24) is 10.6 Å². The third-order valence-corrected chi connectivity index (χ3v) is 2.51. The Labute approximate surface area is 88.2 Å². The number of aliphatic hydroxyl groups is 1. The Hall–Kier alpha value is -1.14. The zero-order valence-corrected chi connectivity index (χ0v) is 8.53. The predicted octanol–water partition coefficient (Wildman–Crippen LogP) is -2.05. The average Bonchev–Trinajstić information content (AvgIpc) is 2.26. The number of carbonyl (C=O) groups is 2. The van der Waals surface area contributed by atoms with Gasteiger partial charge in [-0.25, -0.2) is 0 Å². The Morgan fingerprint density at radius 2 is 2.07 bits per heavy atom. The lowest BCUT2D eigenvalue weighted by molar-refractivity contribution is -0.128. The minimum absolute atomic E-state index is 0.0219. The fraction of sp³-hybridized carbons (Fsp3) is 0.778. The van der Waals surface area contributed by atoms with E-state index in [1.807, 2.05) is 0 Å². The van der Waals surface area contributed by atoms with Crippen LogP contribution < -0.4 is 16.4 Å². The summed E-state index contributed by atoms with van der Waals surface area (Å²) in [5.74, 6) is -0.955. The second-order valence-corrected chi connectivity index (χ2v) is 3.69. The molecule has 2 amide bonds. The van der Waals surface area contributed by atoms with Gasteiger partial charge in [0.15, 0.2) is 0 Å². The second kappa shape index (κ2) is 5.67. The average molecular weight is 215 g/mol. The minimum atomic E-state index is -1.30. The van der Waals surface area contributed by atoms with Gasteiger partial charge >= 0.3 is 0 Å². The van der Waals surface area contributed by atoms with E-state index >= 15 is 0 Å². The standard InChI is InChI=1S/C9H17N3O3/c10-8(14)7(13)5-12-9(15)6-1-3-11-4-2-6/h6-7,11,13H,1-5H2,(H2,10,14)(H,12,15). The molecule has 0 bridgehead atoms. The van der Waals surface area contributed by atoms with E-state index < -0.39 is 12.0 Å².